The van der Waals surface area contributed by atoms with Crippen LogP contribution in [-0.2, 0) is 0 Å². The quantitative estimate of drug-likeness (QED) is 0.390. The van der Waals surface area contributed by atoms with Crippen molar-refractivity contribution in [1.29, 1.82) is 0 Å². The topological polar surface area (TPSA) is 44.8 Å². The molecule has 4 nitrogen and oxygen atoms in total. The summed E-state index contributed by atoms with van der Waals surface area (Å²) < 4.78 is 54.9. The minimum Gasteiger partial charge on any atom is -0.483 e. The van der Waals surface area contributed by atoms with Gasteiger partial charge in [0.25, 0.3) is 0 Å². The Balaban J connectivity index is 1.66. The Bertz CT molecular complexity index is 942. The van der Waals surface area contributed by atoms with E-state index in [-0.39, 0.29) is 23.1 Å². The second kappa shape index (κ2) is 8.09. The van der Waals surface area contributed by atoms with Gasteiger partial charge in [-0.2, -0.15) is 0 Å². The molecular weight excluding hydrogens is 409 g/mol. The highest BCUT2D eigenvalue weighted by Crippen LogP contribution is 2.56. The normalized spacial score (nSPS) is 25.0. The molecule has 2 aromatic rings. The fraction of sp³-hybridized carbons (Fsp3) is 0.458. The van der Waals surface area contributed by atoms with Gasteiger partial charge >= 0.3 is 12.3 Å². The third kappa shape index (κ3) is 4.50. The number of rotatable bonds is 6. The first-order valence-corrected chi connectivity index (χ1v) is 10.5. The van der Waals surface area contributed by atoms with Gasteiger partial charge in [0.1, 0.15) is 11.4 Å². The number of esters is 1. The lowest BCUT2D eigenvalue weighted by molar-refractivity contribution is -0.275. The highest BCUT2D eigenvalue weighted by atomic mass is 19.4. The molecule has 0 N–H and O–H groups in total. The van der Waals surface area contributed by atoms with Crippen LogP contribution in [0.15, 0.2) is 48.5 Å². The van der Waals surface area contributed by atoms with Crippen molar-refractivity contribution in [2.75, 3.05) is 0 Å². The average Bonchev–Trinajstić information content (AvgIpc) is 3.31. The zero-order valence-corrected chi connectivity index (χ0v) is 17.4. The first kappa shape index (κ1) is 21.5. The summed E-state index contributed by atoms with van der Waals surface area (Å²) >= 11 is 0. The van der Waals surface area contributed by atoms with Crippen LogP contribution in [0.4, 0.5) is 13.2 Å². The molecule has 7 heteroatoms. The minimum absolute atomic E-state index is 0.0823. The highest BCUT2D eigenvalue weighted by Gasteiger charge is 2.55. The van der Waals surface area contributed by atoms with Crippen molar-refractivity contribution in [2.45, 2.75) is 51.5 Å². The van der Waals surface area contributed by atoms with Crippen LogP contribution in [0.25, 0.3) is 0 Å². The van der Waals surface area contributed by atoms with Crippen LogP contribution in [-0.4, -0.2) is 17.9 Å². The van der Waals surface area contributed by atoms with Gasteiger partial charge in [0.2, 0.25) is 0 Å². The summed E-state index contributed by atoms with van der Waals surface area (Å²) in [6, 6.07) is 12.1. The number of fused-ring (bicyclic) bond motifs is 2. The van der Waals surface area contributed by atoms with E-state index in [1.54, 1.807) is 30.3 Å². The number of hydrogen-bond acceptors (Lipinski definition) is 4. The Labute approximate surface area is 179 Å². The molecule has 2 aromatic carbocycles. The van der Waals surface area contributed by atoms with Crippen molar-refractivity contribution in [3.8, 4) is 17.2 Å². The third-order valence-electron chi connectivity index (χ3n) is 6.48. The van der Waals surface area contributed by atoms with Crippen molar-refractivity contribution in [1.82, 2.24) is 0 Å². The van der Waals surface area contributed by atoms with Crippen LogP contribution in [0.5, 0.6) is 17.2 Å². The van der Waals surface area contributed by atoms with Crippen molar-refractivity contribution < 1.29 is 32.2 Å². The van der Waals surface area contributed by atoms with Crippen LogP contribution in [0.3, 0.4) is 0 Å². The molecule has 31 heavy (non-hydrogen) atoms. The Morgan fingerprint density at radius 3 is 2.39 bits per heavy atom. The lowest BCUT2D eigenvalue weighted by Crippen LogP contribution is -2.46. The van der Waals surface area contributed by atoms with E-state index in [0.29, 0.717) is 11.7 Å². The summed E-state index contributed by atoms with van der Waals surface area (Å²) in [7, 11) is 0. The second-order valence-corrected chi connectivity index (χ2v) is 8.70. The Hall–Kier alpha value is -2.70. The summed E-state index contributed by atoms with van der Waals surface area (Å²) in [5.74, 6) is 0.0226. The molecule has 0 heterocycles. The van der Waals surface area contributed by atoms with Crippen LogP contribution >= 0.6 is 0 Å². The van der Waals surface area contributed by atoms with Gasteiger partial charge in [-0.3, -0.25) is 0 Å². The van der Waals surface area contributed by atoms with Gasteiger partial charge in [0, 0.05) is 0 Å². The average molecular weight is 434 g/mol. The Morgan fingerprint density at radius 2 is 1.81 bits per heavy atom. The molecule has 4 rings (SSSR count). The standard InChI is InChI=1S/C24H25F3O4/c1-15(2)23(14-16-8-10-18(23)12-16)30-21-13-17(9-11-20(21)31-24(25,26)27)22(28)29-19-6-4-3-5-7-19/h3-7,9,11,13,15-16,18H,8,10,12,14H2,1-2H3. The molecule has 0 aromatic heterocycles. The van der Waals surface area contributed by atoms with Crippen LogP contribution in [0.2, 0.25) is 0 Å². The maximum Gasteiger partial charge on any atom is 0.573 e. The van der Waals surface area contributed by atoms with E-state index in [1.807, 2.05) is 13.8 Å². The largest absolute Gasteiger partial charge is 0.573 e. The van der Waals surface area contributed by atoms with Crippen LogP contribution < -0.4 is 14.2 Å². The molecule has 166 valence electrons. The van der Waals surface area contributed by atoms with Gasteiger partial charge in [-0.25, -0.2) is 4.79 Å². The number of hydrogen-bond donors (Lipinski definition) is 0. The van der Waals surface area contributed by atoms with Gasteiger partial charge in [-0.15, -0.1) is 13.2 Å². The van der Waals surface area contributed by atoms with E-state index in [0.717, 1.165) is 31.7 Å². The molecule has 3 atom stereocenters. The third-order valence-corrected chi connectivity index (χ3v) is 6.48. The number of halogens is 3. The van der Waals surface area contributed by atoms with Gasteiger partial charge in [-0.05, 0) is 73.8 Å². The smallest absolute Gasteiger partial charge is 0.483 e. The molecule has 2 saturated carbocycles. The fourth-order valence-corrected chi connectivity index (χ4v) is 5.05. The van der Waals surface area contributed by atoms with Crippen molar-refractivity contribution in [2.24, 2.45) is 17.8 Å². The number of para-hydroxylation sites is 1. The number of alkyl halides is 3. The molecule has 0 saturated heterocycles. The van der Waals surface area contributed by atoms with Gasteiger partial charge in [0.15, 0.2) is 11.5 Å². The molecule has 0 amide bonds. The van der Waals surface area contributed by atoms with E-state index >= 15 is 0 Å². The van der Waals surface area contributed by atoms with Crippen molar-refractivity contribution >= 4 is 5.97 Å². The zero-order valence-electron chi connectivity index (χ0n) is 17.4. The fourth-order valence-electron chi connectivity index (χ4n) is 5.05. The molecule has 0 spiro atoms. The summed E-state index contributed by atoms with van der Waals surface area (Å²) in [6.07, 6.45) is -0.946. The summed E-state index contributed by atoms with van der Waals surface area (Å²) in [5.41, 5.74) is -0.482. The SMILES string of the molecule is CC(C)C1(Oc2cc(C(=O)Oc3ccccc3)ccc2OC(F)(F)F)CC2CCC1C2. The molecule has 2 fully saturated rings. The molecule has 3 unspecified atom stereocenters. The first-order valence-electron chi connectivity index (χ1n) is 10.5. The Kier molecular flexibility index (Phi) is 5.62. The molecular formula is C24H25F3O4. The van der Waals surface area contributed by atoms with E-state index in [9.17, 15) is 18.0 Å². The first-order chi connectivity index (χ1) is 14.7. The van der Waals surface area contributed by atoms with E-state index < -0.39 is 23.7 Å². The van der Waals surface area contributed by atoms with E-state index in [1.165, 1.54) is 12.1 Å². The number of ether oxygens (including phenoxy) is 3. The summed E-state index contributed by atoms with van der Waals surface area (Å²) in [5, 5.41) is 0. The number of carbonyl (C=O) groups excluding carboxylic acids is 1. The lowest BCUT2D eigenvalue weighted by atomic mass is 9.76. The number of benzene rings is 2. The molecule has 2 aliphatic rings. The van der Waals surface area contributed by atoms with Gasteiger partial charge in [0.05, 0.1) is 5.56 Å². The highest BCUT2D eigenvalue weighted by molar-refractivity contribution is 5.91. The maximum absolute atomic E-state index is 13.0. The van der Waals surface area contributed by atoms with E-state index in [4.69, 9.17) is 9.47 Å². The van der Waals surface area contributed by atoms with Gasteiger partial charge < -0.3 is 14.2 Å². The maximum atomic E-state index is 13.0. The van der Waals surface area contributed by atoms with Gasteiger partial charge in [-0.1, -0.05) is 32.0 Å². The Morgan fingerprint density at radius 1 is 1.06 bits per heavy atom. The molecule has 2 bridgehead atoms. The van der Waals surface area contributed by atoms with Crippen LogP contribution in [0.1, 0.15) is 49.9 Å². The van der Waals surface area contributed by atoms with Crippen molar-refractivity contribution in [3.63, 3.8) is 0 Å². The number of carbonyl (C=O) groups is 1. The predicted molar refractivity (Wildman–Crippen MR) is 108 cm³/mol. The molecule has 0 radical (unpaired) electrons. The lowest BCUT2D eigenvalue weighted by Gasteiger charge is -2.42. The molecule has 0 aliphatic heterocycles. The van der Waals surface area contributed by atoms with Crippen molar-refractivity contribution in [3.05, 3.63) is 54.1 Å². The summed E-state index contributed by atoms with van der Waals surface area (Å²) in [6.45, 7) is 4.05. The predicted octanol–water partition coefficient (Wildman–Crippen LogP) is 6.40. The van der Waals surface area contributed by atoms with Crippen LogP contribution in [0, 0.1) is 17.8 Å². The van der Waals surface area contributed by atoms with E-state index in [2.05, 4.69) is 4.74 Å². The monoisotopic (exact) mass is 434 g/mol. The minimum atomic E-state index is -4.87. The summed E-state index contributed by atoms with van der Waals surface area (Å²) in [4.78, 5) is 12.6. The molecule has 2 aliphatic carbocycles. The second-order valence-electron chi connectivity index (χ2n) is 8.70. The zero-order chi connectivity index (χ0) is 22.2.